The third kappa shape index (κ3) is 5.28. The highest BCUT2D eigenvalue weighted by Crippen LogP contribution is 2.50. The fourth-order valence-electron chi connectivity index (χ4n) is 4.32. The molecule has 27 heavy (non-hydrogen) atoms. The van der Waals surface area contributed by atoms with Crippen molar-refractivity contribution < 1.29 is 23.0 Å². The van der Waals surface area contributed by atoms with Gasteiger partial charge in [-0.2, -0.15) is 8.78 Å². The monoisotopic (exact) mass is 420 g/mol. The van der Waals surface area contributed by atoms with Gasteiger partial charge in [0, 0.05) is 30.3 Å². The Hall–Kier alpha value is -0.110. The molecule has 7 heteroatoms. The van der Waals surface area contributed by atoms with Crippen LogP contribution in [0.1, 0.15) is 51.9 Å². The molecule has 2 aliphatic heterocycles. The summed E-state index contributed by atoms with van der Waals surface area (Å²) in [7, 11) is 0. The van der Waals surface area contributed by atoms with Crippen molar-refractivity contribution in [1.82, 2.24) is 0 Å². The zero-order valence-corrected chi connectivity index (χ0v) is 17.6. The highest BCUT2D eigenvalue weighted by Gasteiger charge is 2.52. The van der Waals surface area contributed by atoms with Gasteiger partial charge in [-0.25, -0.2) is 0 Å². The predicted molar refractivity (Wildman–Crippen MR) is 107 cm³/mol. The molecular weight excluding hydrogens is 390 g/mol. The first-order chi connectivity index (χ1) is 13.0. The SMILES string of the molecule is CCCCC(F)(F)C(=O)/C=C/C1CCC2(OCCO2)C1CCC1SCCS1. The second-order valence-corrected chi connectivity index (χ2v) is 10.5. The molecule has 2 atom stereocenters. The Labute approximate surface area is 169 Å². The number of alkyl halides is 2. The van der Waals surface area contributed by atoms with E-state index in [-0.39, 0.29) is 18.3 Å². The van der Waals surface area contributed by atoms with Crippen LogP contribution in [0.3, 0.4) is 0 Å². The fourth-order valence-corrected chi connectivity index (χ4v) is 7.18. The highest BCUT2D eigenvalue weighted by atomic mass is 32.2. The van der Waals surface area contributed by atoms with Gasteiger partial charge in [0.2, 0.25) is 5.78 Å². The molecule has 2 unspecified atom stereocenters. The number of hydrogen-bond acceptors (Lipinski definition) is 5. The second-order valence-electron chi connectivity index (χ2n) is 7.60. The van der Waals surface area contributed by atoms with Gasteiger partial charge in [-0.1, -0.05) is 19.4 Å². The maximum atomic E-state index is 14.0. The smallest absolute Gasteiger partial charge is 0.309 e. The van der Waals surface area contributed by atoms with Crippen molar-refractivity contribution in [3.05, 3.63) is 12.2 Å². The number of ether oxygens (including phenoxy) is 2. The molecule has 0 N–H and O–H groups in total. The Kier molecular flexibility index (Phi) is 7.67. The minimum Gasteiger partial charge on any atom is -0.347 e. The van der Waals surface area contributed by atoms with Gasteiger partial charge in [-0.05, 0) is 37.7 Å². The zero-order valence-electron chi connectivity index (χ0n) is 16.0. The third-order valence-corrected chi connectivity index (χ3v) is 8.96. The summed E-state index contributed by atoms with van der Waals surface area (Å²) in [6.07, 6.45) is 7.10. The number of hydrogen-bond donors (Lipinski definition) is 0. The Bertz CT molecular complexity index is 529. The molecule has 0 aromatic heterocycles. The van der Waals surface area contributed by atoms with Gasteiger partial charge in [-0.3, -0.25) is 4.79 Å². The molecule has 3 nitrogen and oxygen atoms in total. The molecular formula is C20H30F2O3S2. The van der Waals surface area contributed by atoms with Crippen LogP contribution >= 0.6 is 23.5 Å². The summed E-state index contributed by atoms with van der Waals surface area (Å²) < 4.78 is 40.5. The molecule has 1 spiro atoms. The number of unbranched alkanes of at least 4 members (excludes halogenated alkanes) is 1. The van der Waals surface area contributed by atoms with E-state index in [1.54, 1.807) is 6.08 Å². The molecule has 0 radical (unpaired) electrons. The minimum absolute atomic E-state index is 0.0606. The van der Waals surface area contributed by atoms with Crippen molar-refractivity contribution in [3.8, 4) is 0 Å². The molecule has 0 aromatic rings. The summed E-state index contributed by atoms with van der Waals surface area (Å²) in [4.78, 5) is 12.0. The van der Waals surface area contributed by atoms with Crippen LogP contribution in [0.4, 0.5) is 8.78 Å². The van der Waals surface area contributed by atoms with Gasteiger partial charge in [0.15, 0.2) is 5.79 Å². The molecule has 154 valence electrons. The van der Waals surface area contributed by atoms with E-state index in [2.05, 4.69) is 0 Å². The van der Waals surface area contributed by atoms with Crippen molar-refractivity contribution in [1.29, 1.82) is 0 Å². The van der Waals surface area contributed by atoms with E-state index >= 15 is 0 Å². The summed E-state index contributed by atoms with van der Waals surface area (Å²) >= 11 is 3.99. The van der Waals surface area contributed by atoms with E-state index in [0.717, 1.165) is 31.8 Å². The van der Waals surface area contributed by atoms with Gasteiger partial charge in [0.1, 0.15) is 0 Å². The fraction of sp³-hybridized carbons (Fsp3) is 0.850. The van der Waals surface area contributed by atoms with E-state index < -0.39 is 17.5 Å². The lowest BCUT2D eigenvalue weighted by molar-refractivity contribution is -0.185. The first-order valence-electron chi connectivity index (χ1n) is 10.1. The first-order valence-corrected chi connectivity index (χ1v) is 12.2. The quantitative estimate of drug-likeness (QED) is 0.474. The Morgan fingerprint density at radius 3 is 2.59 bits per heavy atom. The number of thioether (sulfide) groups is 2. The summed E-state index contributed by atoms with van der Waals surface area (Å²) in [5, 5.41) is 0. The lowest BCUT2D eigenvalue weighted by atomic mass is 9.87. The third-order valence-electron chi connectivity index (χ3n) is 5.79. The molecule has 2 heterocycles. The maximum Gasteiger partial charge on any atom is 0.309 e. The number of allylic oxidation sites excluding steroid dienone is 2. The summed E-state index contributed by atoms with van der Waals surface area (Å²) in [5.41, 5.74) is 0. The molecule has 3 aliphatic rings. The van der Waals surface area contributed by atoms with Gasteiger partial charge in [-0.15, -0.1) is 23.5 Å². The summed E-state index contributed by atoms with van der Waals surface area (Å²) in [5.74, 6) is -2.30. The molecule has 0 amide bonds. The highest BCUT2D eigenvalue weighted by molar-refractivity contribution is 8.20. The molecule has 0 aromatic carbocycles. The molecule has 2 saturated heterocycles. The van der Waals surface area contributed by atoms with Gasteiger partial charge < -0.3 is 9.47 Å². The Morgan fingerprint density at radius 1 is 1.22 bits per heavy atom. The maximum absolute atomic E-state index is 14.0. The predicted octanol–water partition coefficient (Wildman–Crippen LogP) is 5.29. The van der Waals surface area contributed by atoms with E-state index in [4.69, 9.17) is 9.47 Å². The van der Waals surface area contributed by atoms with Crippen molar-refractivity contribution in [2.45, 2.75) is 68.2 Å². The number of carbonyl (C=O) groups is 1. The first kappa shape index (κ1) is 21.6. The van der Waals surface area contributed by atoms with Crippen molar-refractivity contribution >= 4 is 29.3 Å². The molecule has 1 aliphatic carbocycles. The van der Waals surface area contributed by atoms with Crippen LogP contribution in [0.15, 0.2) is 12.2 Å². The standard InChI is InChI=1S/C20H30F2O3S2/c1-2-3-9-19(21,22)17(23)6-4-15-8-10-20(24-11-12-25-20)16(15)5-7-18-26-13-14-27-18/h4,6,15-16,18H,2-3,5,7-14H2,1H3/b6-4+. The second kappa shape index (κ2) is 9.59. The molecule has 1 saturated carbocycles. The topological polar surface area (TPSA) is 35.5 Å². The minimum atomic E-state index is -3.25. The van der Waals surface area contributed by atoms with Gasteiger partial charge in [0.05, 0.1) is 17.8 Å². The number of ketones is 1. The average molecular weight is 421 g/mol. The van der Waals surface area contributed by atoms with Crippen LogP contribution in [0.5, 0.6) is 0 Å². The lowest BCUT2D eigenvalue weighted by Crippen LogP contribution is -2.36. The average Bonchev–Trinajstić information content (AvgIpc) is 3.39. The molecule has 3 fully saturated rings. The summed E-state index contributed by atoms with van der Waals surface area (Å²) in [6, 6.07) is 0. The van der Waals surface area contributed by atoms with E-state index in [1.807, 2.05) is 30.4 Å². The van der Waals surface area contributed by atoms with Crippen LogP contribution in [0, 0.1) is 11.8 Å². The van der Waals surface area contributed by atoms with Crippen LogP contribution in [-0.4, -0.2) is 46.8 Å². The van der Waals surface area contributed by atoms with Gasteiger partial charge >= 0.3 is 5.92 Å². The molecule has 0 bridgehead atoms. The number of rotatable bonds is 9. The Balaban J connectivity index is 1.64. The number of halogens is 2. The Morgan fingerprint density at radius 2 is 1.93 bits per heavy atom. The van der Waals surface area contributed by atoms with E-state index in [1.165, 1.54) is 11.5 Å². The number of carbonyl (C=O) groups excluding carboxylic acids is 1. The largest absolute Gasteiger partial charge is 0.347 e. The van der Waals surface area contributed by atoms with Gasteiger partial charge in [0.25, 0.3) is 0 Å². The normalized spacial score (nSPS) is 28.7. The van der Waals surface area contributed by atoms with Crippen LogP contribution in [-0.2, 0) is 14.3 Å². The van der Waals surface area contributed by atoms with Crippen LogP contribution in [0.25, 0.3) is 0 Å². The van der Waals surface area contributed by atoms with Crippen molar-refractivity contribution in [2.24, 2.45) is 11.8 Å². The van der Waals surface area contributed by atoms with Crippen molar-refractivity contribution in [2.75, 3.05) is 24.7 Å². The molecule has 3 rings (SSSR count). The van der Waals surface area contributed by atoms with E-state index in [9.17, 15) is 13.6 Å². The van der Waals surface area contributed by atoms with E-state index in [0.29, 0.717) is 30.6 Å². The summed E-state index contributed by atoms with van der Waals surface area (Å²) in [6.45, 7) is 3.03. The lowest BCUT2D eigenvalue weighted by Gasteiger charge is -2.32. The van der Waals surface area contributed by atoms with Crippen molar-refractivity contribution in [3.63, 3.8) is 0 Å². The van der Waals surface area contributed by atoms with Crippen LogP contribution < -0.4 is 0 Å². The zero-order chi connectivity index (χ0) is 19.3. The van der Waals surface area contributed by atoms with Crippen LogP contribution in [0.2, 0.25) is 0 Å².